The van der Waals surface area contributed by atoms with Gasteiger partial charge in [-0.3, -0.25) is 4.79 Å². The molecule has 0 unspecified atom stereocenters. The molecule has 1 heterocycles. The predicted octanol–water partition coefficient (Wildman–Crippen LogP) is 3.55. The molecule has 0 bridgehead atoms. The normalized spacial score (nSPS) is 10.5. The minimum atomic E-state index is 0.127. The third-order valence-corrected chi connectivity index (χ3v) is 3.73. The van der Waals surface area contributed by atoms with Crippen molar-refractivity contribution in [1.82, 2.24) is 9.55 Å². The number of carbonyl (C=O) groups is 1. The van der Waals surface area contributed by atoms with E-state index in [2.05, 4.69) is 17.1 Å². The molecule has 2 aromatic carbocycles. The summed E-state index contributed by atoms with van der Waals surface area (Å²) >= 11 is 0. The maximum absolute atomic E-state index is 12.5. The van der Waals surface area contributed by atoms with Gasteiger partial charge in [-0.15, -0.1) is 0 Å². The van der Waals surface area contributed by atoms with Crippen LogP contribution < -0.4 is 0 Å². The van der Waals surface area contributed by atoms with E-state index in [1.807, 2.05) is 48.7 Å². The second kappa shape index (κ2) is 6.85. The van der Waals surface area contributed by atoms with E-state index in [0.717, 1.165) is 24.0 Å². The summed E-state index contributed by atoms with van der Waals surface area (Å²) < 4.78 is 1.80. The number of Topliss-reactive ketones (excluding diaryl/α,β-unsaturated/α-hetero) is 1. The molecule has 0 N–H and O–H groups in total. The van der Waals surface area contributed by atoms with E-state index in [0.29, 0.717) is 6.54 Å². The molecule has 1 aromatic heterocycles. The quantitative estimate of drug-likeness (QED) is 0.651. The lowest BCUT2D eigenvalue weighted by molar-refractivity contribution is 0.0971. The first kappa shape index (κ1) is 14.3. The number of nitrogens with zero attached hydrogens (tertiary/aromatic N) is 2. The molecule has 0 aliphatic rings. The van der Waals surface area contributed by atoms with E-state index in [-0.39, 0.29) is 5.78 Å². The van der Waals surface area contributed by atoms with Crippen LogP contribution in [0.1, 0.15) is 21.5 Å². The van der Waals surface area contributed by atoms with Gasteiger partial charge >= 0.3 is 0 Å². The highest BCUT2D eigenvalue weighted by Gasteiger charge is 2.11. The first-order valence-electron chi connectivity index (χ1n) is 7.44. The Labute approximate surface area is 130 Å². The van der Waals surface area contributed by atoms with Crippen molar-refractivity contribution in [1.29, 1.82) is 0 Å². The van der Waals surface area contributed by atoms with Crippen LogP contribution in [0.5, 0.6) is 0 Å². The number of hydrogen-bond donors (Lipinski definition) is 0. The zero-order valence-electron chi connectivity index (χ0n) is 12.4. The third-order valence-electron chi connectivity index (χ3n) is 3.73. The third kappa shape index (κ3) is 3.50. The number of aryl methyl sites for hydroxylation is 2. The SMILES string of the molecule is O=C(Cn1ccnc1)c1ccccc1CCc1ccccc1. The Kier molecular flexibility index (Phi) is 4.44. The summed E-state index contributed by atoms with van der Waals surface area (Å²) in [6, 6.07) is 18.2. The molecule has 0 amide bonds. The van der Waals surface area contributed by atoms with E-state index < -0.39 is 0 Å². The van der Waals surface area contributed by atoms with Crippen molar-refractivity contribution in [3.63, 3.8) is 0 Å². The second-order valence-electron chi connectivity index (χ2n) is 5.30. The fourth-order valence-corrected chi connectivity index (χ4v) is 2.57. The van der Waals surface area contributed by atoms with Gasteiger partial charge in [-0.1, -0.05) is 54.6 Å². The van der Waals surface area contributed by atoms with Gasteiger partial charge < -0.3 is 4.57 Å². The molecule has 0 spiro atoms. The topological polar surface area (TPSA) is 34.9 Å². The lowest BCUT2D eigenvalue weighted by Crippen LogP contribution is -2.11. The maximum atomic E-state index is 12.5. The van der Waals surface area contributed by atoms with Crippen molar-refractivity contribution < 1.29 is 4.79 Å². The standard InChI is InChI=1S/C19H18N2O/c22-19(14-21-13-12-20-15-21)18-9-5-4-8-17(18)11-10-16-6-2-1-3-7-16/h1-9,12-13,15H,10-11,14H2. The van der Waals surface area contributed by atoms with Crippen LogP contribution in [0, 0.1) is 0 Å². The Morgan fingerprint density at radius 2 is 1.73 bits per heavy atom. The lowest BCUT2D eigenvalue weighted by Gasteiger charge is -2.09. The van der Waals surface area contributed by atoms with E-state index in [4.69, 9.17) is 0 Å². The van der Waals surface area contributed by atoms with E-state index in [9.17, 15) is 4.79 Å². The molecule has 0 saturated carbocycles. The van der Waals surface area contributed by atoms with Gasteiger partial charge in [-0.2, -0.15) is 0 Å². The maximum Gasteiger partial charge on any atom is 0.182 e. The fraction of sp³-hybridized carbons (Fsp3) is 0.158. The minimum Gasteiger partial charge on any atom is -0.330 e. The highest BCUT2D eigenvalue weighted by molar-refractivity contribution is 5.97. The Bertz CT molecular complexity index is 733. The van der Waals surface area contributed by atoms with Crippen LogP contribution in [0.2, 0.25) is 0 Å². The van der Waals surface area contributed by atoms with Gasteiger partial charge in [0, 0.05) is 18.0 Å². The monoisotopic (exact) mass is 290 g/mol. The summed E-state index contributed by atoms with van der Waals surface area (Å²) in [5.41, 5.74) is 3.21. The van der Waals surface area contributed by atoms with Crippen molar-refractivity contribution >= 4 is 5.78 Å². The van der Waals surface area contributed by atoms with Crippen LogP contribution in [0.25, 0.3) is 0 Å². The zero-order valence-corrected chi connectivity index (χ0v) is 12.4. The van der Waals surface area contributed by atoms with Gasteiger partial charge in [0.2, 0.25) is 0 Å². The number of rotatable bonds is 6. The number of aromatic nitrogens is 2. The molecule has 3 heteroatoms. The lowest BCUT2D eigenvalue weighted by atomic mass is 9.97. The van der Waals surface area contributed by atoms with Gasteiger partial charge in [0.15, 0.2) is 5.78 Å². The summed E-state index contributed by atoms with van der Waals surface area (Å²) in [6.45, 7) is 0.336. The summed E-state index contributed by atoms with van der Waals surface area (Å²) in [6.07, 6.45) is 6.98. The molecule has 0 atom stereocenters. The Hall–Kier alpha value is -2.68. The molecule has 0 aliphatic heterocycles. The van der Waals surface area contributed by atoms with Crippen LogP contribution in [0.3, 0.4) is 0 Å². The van der Waals surface area contributed by atoms with E-state index in [1.54, 1.807) is 17.1 Å². The molecule has 22 heavy (non-hydrogen) atoms. The number of ketones is 1. The number of benzene rings is 2. The molecule has 3 nitrogen and oxygen atoms in total. The summed E-state index contributed by atoms with van der Waals surface area (Å²) in [5.74, 6) is 0.127. The smallest absolute Gasteiger partial charge is 0.182 e. The molecule has 0 saturated heterocycles. The molecular formula is C19H18N2O. The first-order chi connectivity index (χ1) is 10.8. The molecule has 3 rings (SSSR count). The van der Waals surface area contributed by atoms with Crippen molar-refractivity contribution in [2.45, 2.75) is 19.4 Å². The second-order valence-corrected chi connectivity index (χ2v) is 5.30. The van der Waals surface area contributed by atoms with Gasteiger partial charge in [0.25, 0.3) is 0 Å². The van der Waals surface area contributed by atoms with Gasteiger partial charge in [0.05, 0.1) is 12.9 Å². The average molecular weight is 290 g/mol. The van der Waals surface area contributed by atoms with Crippen molar-refractivity contribution in [3.8, 4) is 0 Å². The van der Waals surface area contributed by atoms with Crippen molar-refractivity contribution in [2.24, 2.45) is 0 Å². The zero-order chi connectivity index (χ0) is 15.2. The molecule has 110 valence electrons. The summed E-state index contributed by atoms with van der Waals surface area (Å²) in [7, 11) is 0. The first-order valence-corrected chi connectivity index (χ1v) is 7.44. The summed E-state index contributed by atoms with van der Waals surface area (Å²) in [4.78, 5) is 16.5. The largest absolute Gasteiger partial charge is 0.330 e. The highest BCUT2D eigenvalue weighted by Crippen LogP contribution is 2.14. The Morgan fingerprint density at radius 3 is 2.50 bits per heavy atom. The van der Waals surface area contributed by atoms with Gasteiger partial charge in [-0.25, -0.2) is 4.98 Å². The number of carbonyl (C=O) groups excluding carboxylic acids is 1. The predicted molar refractivity (Wildman–Crippen MR) is 86.8 cm³/mol. The molecular weight excluding hydrogens is 272 g/mol. The number of imidazole rings is 1. The molecule has 0 aliphatic carbocycles. The average Bonchev–Trinajstić information content (AvgIpc) is 3.07. The van der Waals surface area contributed by atoms with E-state index in [1.165, 1.54) is 5.56 Å². The van der Waals surface area contributed by atoms with Crippen molar-refractivity contribution in [3.05, 3.63) is 90.0 Å². The van der Waals surface area contributed by atoms with Crippen LogP contribution >= 0.6 is 0 Å². The fourth-order valence-electron chi connectivity index (χ4n) is 2.57. The molecule has 3 aromatic rings. The molecule has 0 radical (unpaired) electrons. The highest BCUT2D eigenvalue weighted by atomic mass is 16.1. The molecule has 0 fully saturated rings. The Balaban J connectivity index is 1.73. The van der Waals surface area contributed by atoms with Crippen LogP contribution in [-0.2, 0) is 19.4 Å². The minimum absolute atomic E-state index is 0.127. The van der Waals surface area contributed by atoms with Crippen LogP contribution in [0.4, 0.5) is 0 Å². The van der Waals surface area contributed by atoms with Crippen molar-refractivity contribution in [2.75, 3.05) is 0 Å². The van der Waals surface area contributed by atoms with Gasteiger partial charge in [0.1, 0.15) is 0 Å². The van der Waals surface area contributed by atoms with Crippen LogP contribution in [0.15, 0.2) is 73.3 Å². The Morgan fingerprint density at radius 1 is 0.955 bits per heavy atom. The van der Waals surface area contributed by atoms with E-state index >= 15 is 0 Å². The summed E-state index contributed by atoms with van der Waals surface area (Å²) in [5, 5.41) is 0. The number of hydrogen-bond acceptors (Lipinski definition) is 2. The van der Waals surface area contributed by atoms with Gasteiger partial charge in [-0.05, 0) is 24.0 Å². The van der Waals surface area contributed by atoms with Crippen LogP contribution in [-0.4, -0.2) is 15.3 Å².